The highest BCUT2D eigenvalue weighted by Gasteiger charge is 2.27. The van der Waals surface area contributed by atoms with Crippen molar-refractivity contribution in [2.45, 2.75) is 44.6 Å². The Bertz CT molecular complexity index is 894. The van der Waals surface area contributed by atoms with Crippen LogP contribution in [0.3, 0.4) is 0 Å². The maximum atomic E-state index is 13.1. The Balaban J connectivity index is 1.85. The maximum Gasteiger partial charge on any atom is 0.241 e. The number of methoxy groups -OCH3 is 1. The molecule has 0 aliphatic carbocycles. The normalized spacial score (nSPS) is 16.3. The van der Waals surface area contributed by atoms with Crippen LogP contribution < -0.4 is 9.46 Å². The van der Waals surface area contributed by atoms with Gasteiger partial charge in [-0.05, 0) is 75.5 Å². The molecule has 0 radical (unpaired) electrons. The number of hydrogen-bond donors (Lipinski definition) is 1. The van der Waals surface area contributed by atoms with Crippen LogP contribution in [0.2, 0.25) is 0 Å². The second-order valence-electron chi connectivity index (χ2n) is 7.61. The van der Waals surface area contributed by atoms with E-state index in [0.717, 1.165) is 53.9 Å². The summed E-state index contributed by atoms with van der Waals surface area (Å²) in [6.45, 7) is 8.02. The SMILES string of the molecule is COc1ccc(C(CNS(=O)(=O)c2c(C)cc(C)cc2C)N2CCCC2)cc1. The molecule has 1 aliphatic heterocycles. The number of likely N-dealkylation sites (tertiary alicyclic amines) is 1. The highest BCUT2D eigenvalue weighted by atomic mass is 32.2. The van der Waals surface area contributed by atoms with E-state index in [1.807, 2.05) is 57.2 Å². The predicted octanol–water partition coefficient (Wildman–Crippen LogP) is 3.74. The topological polar surface area (TPSA) is 58.6 Å². The quantitative estimate of drug-likeness (QED) is 0.767. The number of hydrogen-bond acceptors (Lipinski definition) is 4. The van der Waals surface area contributed by atoms with Crippen LogP contribution in [0.4, 0.5) is 0 Å². The highest BCUT2D eigenvalue weighted by Crippen LogP contribution is 2.27. The first-order valence-corrected chi connectivity index (χ1v) is 11.3. The summed E-state index contributed by atoms with van der Waals surface area (Å²) < 4.78 is 34.3. The third-order valence-electron chi connectivity index (χ3n) is 5.42. The fourth-order valence-electron chi connectivity index (χ4n) is 4.19. The molecule has 28 heavy (non-hydrogen) atoms. The third-order valence-corrected chi connectivity index (χ3v) is 7.15. The van der Waals surface area contributed by atoms with Crippen LogP contribution in [0, 0.1) is 20.8 Å². The minimum atomic E-state index is -3.59. The van der Waals surface area contributed by atoms with E-state index < -0.39 is 10.0 Å². The van der Waals surface area contributed by atoms with E-state index >= 15 is 0 Å². The summed E-state index contributed by atoms with van der Waals surface area (Å²) in [5.74, 6) is 0.801. The first-order chi connectivity index (χ1) is 13.3. The molecule has 0 bridgehead atoms. The molecule has 1 aliphatic rings. The van der Waals surface area contributed by atoms with Crippen molar-refractivity contribution in [3.8, 4) is 5.75 Å². The van der Waals surface area contributed by atoms with Gasteiger partial charge < -0.3 is 4.74 Å². The molecule has 5 nitrogen and oxygen atoms in total. The van der Waals surface area contributed by atoms with E-state index in [1.54, 1.807) is 7.11 Å². The molecule has 1 saturated heterocycles. The summed E-state index contributed by atoms with van der Waals surface area (Å²) in [5.41, 5.74) is 3.74. The molecule has 2 aromatic rings. The highest BCUT2D eigenvalue weighted by molar-refractivity contribution is 7.89. The Morgan fingerprint density at radius 1 is 1.04 bits per heavy atom. The lowest BCUT2D eigenvalue weighted by molar-refractivity contribution is 0.246. The van der Waals surface area contributed by atoms with E-state index in [9.17, 15) is 8.42 Å². The number of ether oxygens (including phenoxy) is 1. The molecule has 1 fully saturated rings. The summed E-state index contributed by atoms with van der Waals surface area (Å²) in [7, 11) is -1.94. The standard InChI is InChI=1S/C22H30N2O3S/c1-16-13-17(2)22(18(3)14-16)28(25,26)23-15-21(24-11-5-6-12-24)19-7-9-20(27-4)10-8-19/h7-10,13-14,21,23H,5-6,11-12,15H2,1-4H3. The van der Waals surface area contributed by atoms with Gasteiger partial charge in [-0.25, -0.2) is 13.1 Å². The van der Waals surface area contributed by atoms with Crippen molar-refractivity contribution in [2.75, 3.05) is 26.7 Å². The molecule has 1 N–H and O–H groups in total. The van der Waals surface area contributed by atoms with Crippen LogP contribution in [-0.2, 0) is 10.0 Å². The van der Waals surface area contributed by atoms with Crippen molar-refractivity contribution < 1.29 is 13.2 Å². The lowest BCUT2D eigenvalue weighted by Gasteiger charge is -2.28. The predicted molar refractivity (Wildman–Crippen MR) is 112 cm³/mol. The molecule has 6 heteroatoms. The minimum absolute atomic E-state index is 0.00856. The molecule has 152 valence electrons. The van der Waals surface area contributed by atoms with Crippen LogP contribution in [-0.4, -0.2) is 40.1 Å². The van der Waals surface area contributed by atoms with E-state index in [2.05, 4.69) is 9.62 Å². The molecule has 0 amide bonds. The van der Waals surface area contributed by atoms with Gasteiger partial charge in [-0.15, -0.1) is 0 Å². The minimum Gasteiger partial charge on any atom is -0.497 e. The van der Waals surface area contributed by atoms with Gasteiger partial charge in [0.15, 0.2) is 0 Å². The molecule has 1 atom stereocenters. The van der Waals surface area contributed by atoms with E-state index in [-0.39, 0.29) is 6.04 Å². The van der Waals surface area contributed by atoms with Crippen molar-refractivity contribution >= 4 is 10.0 Å². The Labute approximate surface area is 168 Å². The number of nitrogens with one attached hydrogen (secondary N) is 1. The van der Waals surface area contributed by atoms with Crippen molar-refractivity contribution in [2.24, 2.45) is 0 Å². The molecule has 3 rings (SSSR count). The fourth-order valence-corrected chi connectivity index (χ4v) is 5.68. The molecule has 2 aromatic carbocycles. The summed E-state index contributed by atoms with van der Waals surface area (Å²) >= 11 is 0. The largest absolute Gasteiger partial charge is 0.497 e. The second kappa shape index (κ2) is 8.64. The summed E-state index contributed by atoms with van der Waals surface area (Å²) in [4.78, 5) is 2.76. The van der Waals surface area contributed by atoms with Gasteiger partial charge in [0.05, 0.1) is 12.0 Å². The molecule has 0 spiro atoms. The Kier molecular flexibility index (Phi) is 6.43. The average Bonchev–Trinajstić information content (AvgIpc) is 3.15. The average molecular weight is 403 g/mol. The Morgan fingerprint density at radius 3 is 2.14 bits per heavy atom. The van der Waals surface area contributed by atoms with Gasteiger partial charge in [-0.3, -0.25) is 4.90 Å². The van der Waals surface area contributed by atoms with Gasteiger partial charge in [0.2, 0.25) is 10.0 Å². The number of nitrogens with zero attached hydrogens (tertiary/aromatic N) is 1. The number of benzene rings is 2. The first kappa shape index (κ1) is 20.8. The van der Waals surface area contributed by atoms with Crippen molar-refractivity contribution in [3.63, 3.8) is 0 Å². The first-order valence-electron chi connectivity index (χ1n) is 9.77. The fraction of sp³-hybridized carbons (Fsp3) is 0.455. The Morgan fingerprint density at radius 2 is 1.61 bits per heavy atom. The maximum absolute atomic E-state index is 13.1. The van der Waals surface area contributed by atoms with Crippen LogP contribution in [0.25, 0.3) is 0 Å². The zero-order chi connectivity index (χ0) is 20.3. The summed E-state index contributed by atoms with van der Waals surface area (Å²) in [6, 6.07) is 11.8. The van der Waals surface area contributed by atoms with Crippen LogP contribution >= 0.6 is 0 Å². The smallest absolute Gasteiger partial charge is 0.241 e. The van der Waals surface area contributed by atoms with Crippen molar-refractivity contribution in [3.05, 3.63) is 58.7 Å². The van der Waals surface area contributed by atoms with E-state index in [1.165, 1.54) is 0 Å². The van der Waals surface area contributed by atoms with Crippen molar-refractivity contribution in [1.29, 1.82) is 0 Å². The van der Waals surface area contributed by atoms with Gasteiger partial charge in [-0.1, -0.05) is 29.8 Å². The molecule has 0 saturated carbocycles. The lowest BCUT2D eigenvalue weighted by Crippen LogP contribution is -2.37. The number of rotatable bonds is 7. The van der Waals surface area contributed by atoms with Crippen LogP contribution in [0.5, 0.6) is 5.75 Å². The van der Waals surface area contributed by atoms with Gasteiger partial charge in [-0.2, -0.15) is 0 Å². The lowest BCUT2D eigenvalue weighted by atomic mass is 10.1. The van der Waals surface area contributed by atoms with Crippen LogP contribution in [0.1, 0.15) is 41.1 Å². The molecular formula is C22H30N2O3S. The summed E-state index contributed by atoms with van der Waals surface area (Å²) in [6.07, 6.45) is 2.30. The Hall–Kier alpha value is -1.89. The van der Waals surface area contributed by atoms with Crippen LogP contribution in [0.15, 0.2) is 41.3 Å². The third kappa shape index (κ3) is 4.57. The number of aryl methyl sites for hydroxylation is 3. The zero-order valence-corrected chi connectivity index (χ0v) is 18.0. The number of sulfonamides is 1. The van der Waals surface area contributed by atoms with Gasteiger partial charge in [0, 0.05) is 12.6 Å². The molecule has 1 unspecified atom stereocenters. The molecule has 1 heterocycles. The zero-order valence-electron chi connectivity index (χ0n) is 17.2. The van der Waals surface area contributed by atoms with Crippen molar-refractivity contribution in [1.82, 2.24) is 9.62 Å². The van der Waals surface area contributed by atoms with E-state index in [4.69, 9.17) is 4.74 Å². The van der Waals surface area contributed by atoms with E-state index in [0.29, 0.717) is 11.4 Å². The van der Waals surface area contributed by atoms with Gasteiger partial charge >= 0.3 is 0 Å². The van der Waals surface area contributed by atoms with Gasteiger partial charge in [0.25, 0.3) is 0 Å². The van der Waals surface area contributed by atoms with Gasteiger partial charge in [0.1, 0.15) is 5.75 Å². The second-order valence-corrected chi connectivity index (χ2v) is 9.32. The molecular weight excluding hydrogens is 372 g/mol. The monoisotopic (exact) mass is 402 g/mol. The molecule has 0 aromatic heterocycles. The summed E-state index contributed by atoms with van der Waals surface area (Å²) in [5, 5.41) is 0.